The van der Waals surface area contributed by atoms with Crippen LogP contribution in [0, 0.1) is 5.82 Å². The Labute approximate surface area is 176 Å². The van der Waals surface area contributed by atoms with Gasteiger partial charge in [0, 0.05) is 25.2 Å². The number of carbonyl (C=O) groups is 1. The van der Waals surface area contributed by atoms with Crippen LogP contribution in [0.1, 0.15) is 28.4 Å². The highest BCUT2D eigenvalue weighted by molar-refractivity contribution is 7.89. The number of nitrogens with zero attached hydrogens (tertiary/aromatic N) is 1. The van der Waals surface area contributed by atoms with Crippen molar-refractivity contribution in [1.82, 2.24) is 9.62 Å². The highest BCUT2D eigenvalue weighted by Crippen LogP contribution is 2.18. The first kappa shape index (κ1) is 21.7. The van der Waals surface area contributed by atoms with Crippen LogP contribution in [0.25, 0.3) is 0 Å². The second kappa shape index (κ2) is 9.65. The molecule has 3 aromatic rings. The molecule has 1 amide bonds. The summed E-state index contributed by atoms with van der Waals surface area (Å²) in [6, 6.07) is 21.1. The minimum atomic E-state index is -3.60. The lowest BCUT2D eigenvalue weighted by Crippen LogP contribution is -2.30. The monoisotopic (exact) mass is 426 g/mol. The van der Waals surface area contributed by atoms with Crippen LogP contribution in [-0.4, -0.2) is 25.2 Å². The Morgan fingerprint density at radius 2 is 1.63 bits per heavy atom. The zero-order valence-corrected chi connectivity index (χ0v) is 17.4. The zero-order chi connectivity index (χ0) is 21.6. The van der Waals surface area contributed by atoms with E-state index in [1.165, 1.54) is 16.4 Å². The summed E-state index contributed by atoms with van der Waals surface area (Å²) in [5.41, 5.74) is 1.90. The van der Waals surface area contributed by atoms with Gasteiger partial charge >= 0.3 is 0 Å². The quantitative estimate of drug-likeness (QED) is 0.593. The van der Waals surface area contributed by atoms with Crippen molar-refractivity contribution in [3.63, 3.8) is 0 Å². The van der Waals surface area contributed by atoms with Crippen molar-refractivity contribution < 1.29 is 17.6 Å². The van der Waals surface area contributed by atoms with Gasteiger partial charge in [-0.25, -0.2) is 12.8 Å². The molecule has 0 atom stereocenters. The van der Waals surface area contributed by atoms with Crippen molar-refractivity contribution in [2.24, 2.45) is 0 Å². The van der Waals surface area contributed by atoms with Gasteiger partial charge in [0.15, 0.2) is 0 Å². The van der Waals surface area contributed by atoms with E-state index in [4.69, 9.17) is 0 Å². The molecule has 0 unspecified atom stereocenters. The Morgan fingerprint density at radius 1 is 0.933 bits per heavy atom. The van der Waals surface area contributed by atoms with Crippen molar-refractivity contribution >= 4 is 15.9 Å². The largest absolute Gasteiger partial charge is 0.348 e. The van der Waals surface area contributed by atoms with Crippen molar-refractivity contribution in [3.8, 4) is 0 Å². The van der Waals surface area contributed by atoms with Gasteiger partial charge in [-0.3, -0.25) is 4.79 Å². The molecule has 1 N–H and O–H groups in total. The molecule has 0 aliphatic carbocycles. The van der Waals surface area contributed by atoms with Gasteiger partial charge in [0.05, 0.1) is 4.90 Å². The Bertz CT molecular complexity index is 1100. The number of rotatable bonds is 8. The van der Waals surface area contributed by atoms with Crippen LogP contribution in [0.3, 0.4) is 0 Å². The van der Waals surface area contributed by atoms with Crippen molar-refractivity contribution in [3.05, 3.63) is 101 Å². The first-order chi connectivity index (χ1) is 14.4. The molecule has 0 aliphatic rings. The molecule has 0 radical (unpaired) electrons. The summed E-state index contributed by atoms with van der Waals surface area (Å²) in [7, 11) is -3.60. The third-order valence-corrected chi connectivity index (χ3v) is 6.59. The first-order valence-corrected chi connectivity index (χ1v) is 11.0. The lowest BCUT2D eigenvalue weighted by Gasteiger charge is -2.20. The number of amides is 1. The van der Waals surface area contributed by atoms with Crippen LogP contribution in [-0.2, 0) is 23.1 Å². The van der Waals surface area contributed by atoms with Crippen LogP contribution in [0.5, 0.6) is 0 Å². The molecule has 3 rings (SSSR count). The molecule has 0 fully saturated rings. The highest BCUT2D eigenvalue weighted by Gasteiger charge is 2.22. The summed E-state index contributed by atoms with van der Waals surface area (Å²) in [6.07, 6.45) is 0. The van der Waals surface area contributed by atoms with E-state index in [-0.39, 0.29) is 29.7 Å². The average Bonchev–Trinajstić information content (AvgIpc) is 2.76. The van der Waals surface area contributed by atoms with E-state index in [2.05, 4.69) is 5.32 Å². The maximum Gasteiger partial charge on any atom is 0.251 e. The molecular formula is C23H23FN2O3S. The number of halogens is 1. The fourth-order valence-electron chi connectivity index (χ4n) is 3.00. The number of benzene rings is 3. The SMILES string of the molecule is CCN(Cc1ccc(C(=O)NCc2cccc(F)c2)cc1)S(=O)(=O)c1ccccc1. The van der Waals surface area contributed by atoms with E-state index in [9.17, 15) is 17.6 Å². The van der Waals surface area contributed by atoms with Gasteiger partial charge in [-0.15, -0.1) is 0 Å². The summed E-state index contributed by atoms with van der Waals surface area (Å²) in [5, 5.41) is 2.75. The van der Waals surface area contributed by atoms with E-state index in [0.717, 1.165) is 5.56 Å². The summed E-state index contributed by atoms with van der Waals surface area (Å²) in [4.78, 5) is 12.6. The third kappa shape index (κ3) is 5.31. The molecule has 0 spiro atoms. The molecule has 7 heteroatoms. The van der Waals surface area contributed by atoms with E-state index in [0.29, 0.717) is 17.7 Å². The smallest absolute Gasteiger partial charge is 0.251 e. The predicted octanol–water partition coefficient (Wildman–Crippen LogP) is 3.97. The van der Waals surface area contributed by atoms with Gasteiger partial charge in [0.1, 0.15) is 5.82 Å². The number of sulfonamides is 1. The minimum Gasteiger partial charge on any atom is -0.348 e. The fraction of sp³-hybridized carbons (Fsp3) is 0.174. The molecule has 5 nitrogen and oxygen atoms in total. The molecule has 0 saturated heterocycles. The molecular weight excluding hydrogens is 403 g/mol. The molecule has 0 heterocycles. The number of hydrogen-bond acceptors (Lipinski definition) is 3. The summed E-state index contributed by atoms with van der Waals surface area (Å²) >= 11 is 0. The van der Waals surface area contributed by atoms with Gasteiger partial charge in [-0.2, -0.15) is 4.31 Å². The topological polar surface area (TPSA) is 66.5 Å². The van der Waals surface area contributed by atoms with Gasteiger partial charge < -0.3 is 5.32 Å². The molecule has 156 valence electrons. The van der Waals surface area contributed by atoms with Gasteiger partial charge in [-0.1, -0.05) is 49.4 Å². The lowest BCUT2D eigenvalue weighted by atomic mass is 10.1. The average molecular weight is 427 g/mol. The van der Waals surface area contributed by atoms with E-state index in [1.54, 1.807) is 73.7 Å². The molecule has 0 aromatic heterocycles. The number of nitrogens with one attached hydrogen (secondary N) is 1. The summed E-state index contributed by atoms with van der Waals surface area (Å²) in [6.45, 7) is 2.54. The zero-order valence-electron chi connectivity index (χ0n) is 16.6. The number of hydrogen-bond donors (Lipinski definition) is 1. The van der Waals surface area contributed by atoms with Gasteiger partial charge in [-0.05, 0) is 47.5 Å². The molecule has 0 aliphatic heterocycles. The second-order valence-electron chi connectivity index (χ2n) is 6.75. The van der Waals surface area contributed by atoms with E-state index >= 15 is 0 Å². The minimum absolute atomic E-state index is 0.207. The Kier molecular flexibility index (Phi) is 6.97. The third-order valence-electron chi connectivity index (χ3n) is 4.65. The summed E-state index contributed by atoms with van der Waals surface area (Å²) < 4.78 is 40.3. The fourth-order valence-corrected chi connectivity index (χ4v) is 4.46. The predicted molar refractivity (Wildman–Crippen MR) is 114 cm³/mol. The Hall–Kier alpha value is -3.03. The van der Waals surface area contributed by atoms with Crippen LogP contribution in [0.4, 0.5) is 4.39 Å². The molecule has 3 aromatic carbocycles. The van der Waals surface area contributed by atoms with Gasteiger partial charge in [0.2, 0.25) is 10.0 Å². The van der Waals surface area contributed by atoms with Crippen LogP contribution >= 0.6 is 0 Å². The molecule has 0 saturated carbocycles. The van der Waals surface area contributed by atoms with E-state index in [1.807, 2.05) is 0 Å². The van der Waals surface area contributed by atoms with Crippen molar-refractivity contribution in [2.45, 2.75) is 24.9 Å². The summed E-state index contributed by atoms with van der Waals surface area (Å²) in [5.74, 6) is -0.632. The standard InChI is InChI=1S/C23H23FN2O3S/c1-2-26(30(28,29)22-9-4-3-5-10-22)17-18-11-13-20(14-12-18)23(27)25-16-19-7-6-8-21(24)15-19/h3-15H,2,16-17H2,1H3,(H,25,27). The highest BCUT2D eigenvalue weighted by atomic mass is 32.2. The van der Waals surface area contributed by atoms with Crippen LogP contribution in [0.2, 0.25) is 0 Å². The van der Waals surface area contributed by atoms with E-state index < -0.39 is 10.0 Å². The molecule has 30 heavy (non-hydrogen) atoms. The second-order valence-corrected chi connectivity index (χ2v) is 8.69. The number of carbonyl (C=O) groups excluding carboxylic acids is 1. The van der Waals surface area contributed by atoms with Crippen molar-refractivity contribution in [2.75, 3.05) is 6.54 Å². The maximum atomic E-state index is 13.2. The van der Waals surface area contributed by atoms with Crippen molar-refractivity contribution in [1.29, 1.82) is 0 Å². The lowest BCUT2D eigenvalue weighted by molar-refractivity contribution is 0.0951. The first-order valence-electron chi connectivity index (χ1n) is 9.57. The van der Waals surface area contributed by atoms with Crippen LogP contribution in [0.15, 0.2) is 83.8 Å². The van der Waals surface area contributed by atoms with Gasteiger partial charge in [0.25, 0.3) is 5.91 Å². The Balaban J connectivity index is 1.65. The molecule has 0 bridgehead atoms. The normalized spacial score (nSPS) is 11.4. The Morgan fingerprint density at radius 3 is 2.27 bits per heavy atom. The van der Waals surface area contributed by atoms with Crippen LogP contribution < -0.4 is 5.32 Å². The maximum absolute atomic E-state index is 13.2.